The number of amides is 2. The molecule has 5 heteroatoms. The van der Waals surface area contributed by atoms with Gasteiger partial charge in [-0.1, -0.05) is 12.1 Å². The molecular formula is C16H23N3O2. The fourth-order valence-corrected chi connectivity index (χ4v) is 2.48. The van der Waals surface area contributed by atoms with Gasteiger partial charge in [-0.3, -0.25) is 9.59 Å². The van der Waals surface area contributed by atoms with Crippen molar-refractivity contribution in [1.82, 2.24) is 10.2 Å². The summed E-state index contributed by atoms with van der Waals surface area (Å²) in [4.78, 5) is 28.0. The maximum absolute atomic E-state index is 12.1. The van der Waals surface area contributed by atoms with Gasteiger partial charge in [-0.05, 0) is 38.7 Å². The van der Waals surface area contributed by atoms with E-state index in [1.807, 2.05) is 50.2 Å². The van der Waals surface area contributed by atoms with Crippen LogP contribution in [0.25, 0.3) is 0 Å². The second-order valence-electron chi connectivity index (χ2n) is 5.84. The second kappa shape index (κ2) is 6.72. The Bertz CT molecular complexity index is 528. The molecule has 5 nitrogen and oxygen atoms in total. The largest absolute Gasteiger partial charge is 0.355 e. The zero-order valence-electron chi connectivity index (χ0n) is 12.9. The average Bonchev–Trinajstić information content (AvgIpc) is 2.80. The number of anilines is 1. The molecular weight excluding hydrogens is 266 g/mol. The van der Waals surface area contributed by atoms with Crippen LogP contribution >= 0.6 is 0 Å². The third-order valence-corrected chi connectivity index (χ3v) is 3.67. The molecule has 0 saturated carbocycles. The third-order valence-electron chi connectivity index (χ3n) is 3.67. The Morgan fingerprint density at radius 3 is 2.86 bits per heavy atom. The number of nitrogens with zero attached hydrogens (tertiary/aromatic N) is 2. The molecule has 114 valence electrons. The maximum atomic E-state index is 12.1. The minimum absolute atomic E-state index is 0.0216. The van der Waals surface area contributed by atoms with Gasteiger partial charge in [0.05, 0.1) is 5.92 Å². The minimum atomic E-state index is -0.250. The normalized spacial score (nSPS) is 18.4. The number of carbonyl (C=O) groups excluding carboxylic acids is 2. The Hall–Kier alpha value is -1.88. The van der Waals surface area contributed by atoms with Gasteiger partial charge in [-0.2, -0.15) is 0 Å². The summed E-state index contributed by atoms with van der Waals surface area (Å²) in [5.41, 5.74) is 1.99. The summed E-state index contributed by atoms with van der Waals surface area (Å²) >= 11 is 0. The van der Waals surface area contributed by atoms with Crippen LogP contribution in [0.15, 0.2) is 24.3 Å². The van der Waals surface area contributed by atoms with E-state index < -0.39 is 0 Å². The maximum Gasteiger partial charge on any atom is 0.227 e. The number of nitrogens with one attached hydrogen (secondary N) is 1. The monoisotopic (exact) mass is 289 g/mol. The lowest BCUT2D eigenvalue weighted by molar-refractivity contribution is -0.126. The van der Waals surface area contributed by atoms with E-state index in [-0.39, 0.29) is 17.7 Å². The molecule has 1 atom stereocenters. The van der Waals surface area contributed by atoms with Crippen LogP contribution in [0.4, 0.5) is 5.69 Å². The van der Waals surface area contributed by atoms with Crippen LogP contribution < -0.4 is 10.2 Å². The number of rotatable bonds is 5. The van der Waals surface area contributed by atoms with Gasteiger partial charge in [0.15, 0.2) is 0 Å². The first-order valence-electron chi connectivity index (χ1n) is 7.27. The van der Waals surface area contributed by atoms with E-state index in [2.05, 4.69) is 5.32 Å². The van der Waals surface area contributed by atoms with E-state index in [0.717, 1.165) is 17.8 Å². The van der Waals surface area contributed by atoms with E-state index in [9.17, 15) is 9.59 Å². The van der Waals surface area contributed by atoms with Crippen molar-refractivity contribution in [2.75, 3.05) is 38.6 Å². The van der Waals surface area contributed by atoms with Crippen molar-refractivity contribution >= 4 is 17.5 Å². The molecule has 1 aliphatic heterocycles. The van der Waals surface area contributed by atoms with Crippen LogP contribution in [0, 0.1) is 12.8 Å². The van der Waals surface area contributed by atoms with Gasteiger partial charge in [0, 0.05) is 31.7 Å². The number of carbonyl (C=O) groups is 2. The smallest absolute Gasteiger partial charge is 0.227 e. The molecule has 1 heterocycles. The SMILES string of the molecule is Cc1cccc(N2CC(C(=O)NCCN(C)C)CC2=O)c1. The fourth-order valence-electron chi connectivity index (χ4n) is 2.48. The van der Waals surface area contributed by atoms with Crippen LogP contribution in [0.2, 0.25) is 0 Å². The standard InChI is InChI=1S/C16H23N3O2/c1-12-5-4-6-14(9-12)19-11-13(10-15(19)20)16(21)17-7-8-18(2)3/h4-6,9,13H,7-8,10-11H2,1-3H3,(H,17,21). The van der Waals surface area contributed by atoms with Crippen molar-refractivity contribution in [3.63, 3.8) is 0 Å². The molecule has 1 saturated heterocycles. The van der Waals surface area contributed by atoms with Crippen LogP contribution in [-0.4, -0.2) is 50.4 Å². The van der Waals surface area contributed by atoms with Gasteiger partial charge in [0.1, 0.15) is 0 Å². The van der Waals surface area contributed by atoms with E-state index in [0.29, 0.717) is 19.5 Å². The highest BCUT2D eigenvalue weighted by atomic mass is 16.2. The molecule has 1 aromatic rings. The predicted octanol–water partition coefficient (Wildman–Crippen LogP) is 1.03. The van der Waals surface area contributed by atoms with E-state index >= 15 is 0 Å². The lowest BCUT2D eigenvalue weighted by Crippen LogP contribution is -2.36. The summed E-state index contributed by atoms with van der Waals surface area (Å²) in [6, 6.07) is 7.82. The van der Waals surface area contributed by atoms with Crippen molar-refractivity contribution in [3.8, 4) is 0 Å². The lowest BCUT2D eigenvalue weighted by atomic mass is 10.1. The van der Waals surface area contributed by atoms with Crippen molar-refractivity contribution < 1.29 is 9.59 Å². The van der Waals surface area contributed by atoms with Crippen molar-refractivity contribution in [2.45, 2.75) is 13.3 Å². The minimum Gasteiger partial charge on any atom is -0.355 e. The molecule has 0 radical (unpaired) electrons. The Labute approximate surface area is 125 Å². The Kier molecular flexibility index (Phi) is 4.96. The zero-order chi connectivity index (χ0) is 15.4. The number of hydrogen-bond acceptors (Lipinski definition) is 3. The predicted molar refractivity (Wildman–Crippen MR) is 83.2 cm³/mol. The summed E-state index contributed by atoms with van der Waals surface area (Å²) in [6.07, 6.45) is 0.293. The molecule has 1 aliphatic rings. The molecule has 0 spiro atoms. The van der Waals surface area contributed by atoms with Crippen LogP contribution in [-0.2, 0) is 9.59 Å². The molecule has 1 aromatic carbocycles. The number of benzene rings is 1. The van der Waals surface area contributed by atoms with Gasteiger partial charge < -0.3 is 15.1 Å². The number of aryl methyl sites for hydroxylation is 1. The molecule has 1 unspecified atom stereocenters. The van der Waals surface area contributed by atoms with Crippen LogP contribution in [0.3, 0.4) is 0 Å². The molecule has 2 rings (SSSR count). The van der Waals surface area contributed by atoms with Gasteiger partial charge in [-0.15, -0.1) is 0 Å². The first-order chi connectivity index (χ1) is 9.97. The molecule has 2 amide bonds. The fraction of sp³-hybridized carbons (Fsp3) is 0.500. The number of hydrogen-bond donors (Lipinski definition) is 1. The molecule has 1 fully saturated rings. The van der Waals surface area contributed by atoms with Gasteiger partial charge in [-0.25, -0.2) is 0 Å². The molecule has 0 aromatic heterocycles. The Morgan fingerprint density at radius 2 is 2.19 bits per heavy atom. The second-order valence-corrected chi connectivity index (χ2v) is 5.84. The Morgan fingerprint density at radius 1 is 1.43 bits per heavy atom. The van der Waals surface area contributed by atoms with Gasteiger partial charge in [0.2, 0.25) is 11.8 Å². The quantitative estimate of drug-likeness (QED) is 0.881. The summed E-state index contributed by atoms with van der Waals surface area (Å²) in [5, 5.41) is 2.90. The zero-order valence-corrected chi connectivity index (χ0v) is 12.9. The molecule has 21 heavy (non-hydrogen) atoms. The molecule has 1 N–H and O–H groups in total. The van der Waals surface area contributed by atoms with Crippen molar-refractivity contribution in [2.24, 2.45) is 5.92 Å². The number of likely N-dealkylation sites (N-methyl/N-ethyl adjacent to an activating group) is 1. The summed E-state index contributed by atoms with van der Waals surface area (Å²) < 4.78 is 0. The summed E-state index contributed by atoms with van der Waals surface area (Å²) in [7, 11) is 3.93. The highest BCUT2D eigenvalue weighted by molar-refractivity contribution is 6.00. The first kappa shape index (κ1) is 15.5. The summed E-state index contributed by atoms with van der Waals surface area (Å²) in [5.74, 6) is -0.256. The van der Waals surface area contributed by atoms with Crippen LogP contribution in [0.5, 0.6) is 0 Å². The van der Waals surface area contributed by atoms with Gasteiger partial charge >= 0.3 is 0 Å². The molecule has 0 aliphatic carbocycles. The lowest BCUT2D eigenvalue weighted by Gasteiger charge is -2.17. The van der Waals surface area contributed by atoms with Crippen molar-refractivity contribution in [1.29, 1.82) is 0 Å². The van der Waals surface area contributed by atoms with Gasteiger partial charge in [0.25, 0.3) is 0 Å². The van der Waals surface area contributed by atoms with E-state index in [4.69, 9.17) is 0 Å². The van der Waals surface area contributed by atoms with E-state index in [1.165, 1.54) is 0 Å². The van der Waals surface area contributed by atoms with Crippen molar-refractivity contribution in [3.05, 3.63) is 29.8 Å². The first-order valence-corrected chi connectivity index (χ1v) is 7.27. The average molecular weight is 289 g/mol. The summed E-state index contributed by atoms with van der Waals surface area (Å²) in [6.45, 7) is 3.88. The Balaban J connectivity index is 1.94. The third kappa shape index (κ3) is 4.04. The van der Waals surface area contributed by atoms with Crippen LogP contribution in [0.1, 0.15) is 12.0 Å². The topological polar surface area (TPSA) is 52.7 Å². The highest BCUT2D eigenvalue weighted by Crippen LogP contribution is 2.25. The highest BCUT2D eigenvalue weighted by Gasteiger charge is 2.34. The molecule has 0 bridgehead atoms. The van der Waals surface area contributed by atoms with E-state index in [1.54, 1.807) is 4.90 Å².